The third-order valence-corrected chi connectivity index (χ3v) is 5.94. The summed E-state index contributed by atoms with van der Waals surface area (Å²) in [4.78, 5) is 25.1. The molecule has 2 fully saturated rings. The molecule has 0 bridgehead atoms. The van der Waals surface area contributed by atoms with Gasteiger partial charge in [-0.1, -0.05) is 0 Å². The number of hydrogen-bond acceptors (Lipinski definition) is 6. The largest absolute Gasteiger partial charge is 0.373 e. The molecule has 2 aromatic heterocycles. The molecule has 0 radical (unpaired) electrons. The first kappa shape index (κ1) is 16.5. The van der Waals surface area contributed by atoms with E-state index >= 15 is 0 Å². The maximum atomic E-state index is 12.7. The van der Waals surface area contributed by atoms with Crippen LogP contribution in [0.1, 0.15) is 33.8 Å². The molecular formula is C18H22N4O2S. The Hall–Kier alpha value is -1.99. The molecule has 4 rings (SSSR count). The number of carbonyl (C=O) groups is 1. The molecule has 2 atom stereocenters. The number of aryl methyl sites for hydroxylation is 1. The third kappa shape index (κ3) is 3.52. The number of nitrogens with one attached hydrogen (secondary N) is 1. The van der Waals surface area contributed by atoms with Crippen LogP contribution in [0.2, 0.25) is 0 Å². The van der Waals surface area contributed by atoms with Crippen LogP contribution in [0.4, 0.5) is 5.95 Å². The van der Waals surface area contributed by atoms with Gasteiger partial charge in [-0.25, -0.2) is 9.97 Å². The van der Waals surface area contributed by atoms with Crippen LogP contribution in [-0.2, 0) is 4.74 Å². The van der Waals surface area contributed by atoms with E-state index in [1.165, 1.54) is 4.88 Å². The Kier molecular flexibility index (Phi) is 4.43. The minimum absolute atomic E-state index is 0.125. The minimum Gasteiger partial charge on any atom is -0.373 e. The van der Waals surface area contributed by atoms with Crippen molar-refractivity contribution >= 4 is 23.2 Å². The van der Waals surface area contributed by atoms with E-state index in [-0.39, 0.29) is 17.6 Å². The summed E-state index contributed by atoms with van der Waals surface area (Å²) in [6.07, 6.45) is 6.17. The molecule has 132 valence electrons. The molecule has 2 aliphatic rings. The second-order valence-corrected chi connectivity index (χ2v) is 8.11. The van der Waals surface area contributed by atoms with Gasteiger partial charge >= 0.3 is 0 Å². The van der Waals surface area contributed by atoms with Crippen molar-refractivity contribution in [2.45, 2.75) is 37.8 Å². The molecule has 0 aromatic carbocycles. The average molecular weight is 358 g/mol. The summed E-state index contributed by atoms with van der Waals surface area (Å²) in [7, 11) is 0. The van der Waals surface area contributed by atoms with Gasteiger partial charge in [0.05, 0.1) is 17.0 Å². The summed E-state index contributed by atoms with van der Waals surface area (Å²) in [5.74, 6) is 0.782. The fourth-order valence-corrected chi connectivity index (χ4v) is 4.55. The van der Waals surface area contributed by atoms with Crippen LogP contribution in [0.5, 0.6) is 0 Å². The molecule has 2 aromatic rings. The van der Waals surface area contributed by atoms with Crippen molar-refractivity contribution in [3.63, 3.8) is 0 Å². The quantitative estimate of drug-likeness (QED) is 0.914. The third-order valence-electron chi connectivity index (χ3n) is 4.95. The standard InChI is InChI=1S/C18H22N4O2S/c1-13-3-4-15(25-13)16(23)22-9-6-18(12-22)11-14(5-10-24-18)21-17-19-7-2-8-20-17/h2-4,7-8,14H,5-6,9-12H2,1H3,(H,19,20,21)/t14-,18+/m0/s1. The summed E-state index contributed by atoms with van der Waals surface area (Å²) in [6, 6.07) is 6.01. The highest BCUT2D eigenvalue weighted by atomic mass is 32.1. The fraction of sp³-hybridized carbons (Fsp3) is 0.500. The Morgan fingerprint density at radius 1 is 1.40 bits per heavy atom. The lowest BCUT2D eigenvalue weighted by molar-refractivity contribution is -0.0721. The monoisotopic (exact) mass is 358 g/mol. The Labute approximate surface area is 151 Å². The van der Waals surface area contributed by atoms with Crippen molar-refractivity contribution in [3.8, 4) is 0 Å². The zero-order valence-electron chi connectivity index (χ0n) is 14.3. The van der Waals surface area contributed by atoms with Crippen LogP contribution in [0, 0.1) is 6.92 Å². The van der Waals surface area contributed by atoms with E-state index in [9.17, 15) is 4.79 Å². The number of anilines is 1. The van der Waals surface area contributed by atoms with Gasteiger partial charge in [0.2, 0.25) is 5.95 Å². The SMILES string of the molecule is Cc1ccc(C(=O)N2CC[C@@]3(C[C@@H](Nc4ncccn4)CCO3)C2)s1. The number of aromatic nitrogens is 2. The topological polar surface area (TPSA) is 67.4 Å². The molecule has 25 heavy (non-hydrogen) atoms. The van der Waals surface area contributed by atoms with E-state index < -0.39 is 0 Å². The first-order valence-corrected chi connectivity index (χ1v) is 9.48. The molecule has 0 unspecified atom stereocenters. The maximum Gasteiger partial charge on any atom is 0.264 e. The van der Waals surface area contributed by atoms with Crippen molar-refractivity contribution in [2.24, 2.45) is 0 Å². The van der Waals surface area contributed by atoms with E-state index in [4.69, 9.17) is 4.74 Å². The zero-order chi connectivity index (χ0) is 17.3. The normalized spacial score (nSPS) is 26.1. The molecule has 2 aliphatic heterocycles. The van der Waals surface area contributed by atoms with Gasteiger partial charge in [0.25, 0.3) is 5.91 Å². The van der Waals surface area contributed by atoms with Crippen LogP contribution in [-0.4, -0.2) is 52.1 Å². The van der Waals surface area contributed by atoms with Crippen molar-refractivity contribution in [1.29, 1.82) is 0 Å². The molecule has 1 N–H and O–H groups in total. The smallest absolute Gasteiger partial charge is 0.264 e. The number of amides is 1. The van der Waals surface area contributed by atoms with Gasteiger partial charge in [-0.15, -0.1) is 11.3 Å². The summed E-state index contributed by atoms with van der Waals surface area (Å²) in [5.41, 5.74) is -0.243. The summed E-state index contributed by atoms with van der Waals surface area (Å²) in [5, 5.41) is 3.41. The average Bonchev–Trinajstić information content (AvgIpc) is 3.22. The molecule has 6 nitrogen and oxygen atoms in total. The van der Waals surface area contributed by atoms with E-state index in [0.717, 1.165) is 30.7 Å². The van der Waals surface area contributed by atoms with Gasteiger partial charge in [-0.2, -0.15) is 0 Å². The lowest BCUT2D eigenvalue weighted by atomic mass is 9.89. The number of rotatable bonds is 3. The number of hydrogen-bond donors (Lipinski definition) is 1. The predicted molar refractivity (Wildman–Crippen MR) is 96.9 cm³/mol. The number of likely N-dealkylation sites (tertiary alicyclic amines) is 1. The first-order chi connectivity index (χ1) is 12.1. The highest BCUT2D eigenvalue weighted by Crippen LogP contribution is 2.36. The second kappa shape index (κ2) is 6.72. The molecule has 1 spiro atoms. The van der Waals surface area contributed by atoms with Gasteiger partial charge in [0.15, 0.2) is 0 Å². The fourth-order valence-electron chi connectivity index (χ4n) is 3.71. The van der Waals surface area contributed by atoms with E-state index in [2.05, 4.69) is 15.3 Å². The van der Waals surface area contributed by atoms with E-state index in [1.807, 2.05) is 30.0 Å². The highest BCUT2D eigenvalue weighted by Gasteiger charge is 2.45. The van der Waals surface area contributed by atoms with Crippen molar-refractivity contribution in [3.05, 3.63) is 40.3 Å². The first-order valence-electron chi connectivity index (χ1n) is 8.67. The lowest BCUT2D eigenvalue weighted by Gasteiger charge is -2.38. The minimum atomic E-state index is -0.243. The molecule has 1 amide bonds. The molecule has 0 aliphatic carbocycles. The van der Waals surface area contributed by atoms with Gasteiger partial charge in [0.1, 0.15) is 0 Å². The van der Waals surface area contributed by atoms with Gasteiger partial charge in [-0.05, 0) is 44.4 Å². The second-order valence-electron chi connectivity index (χ2n) is 6.82. The van der Waals surface area contributed by atoms with E-state index in [0.29, 0.717) is 19.1 Å². The van der Waals surface area contributed by atoms with Crippen LogP contribution in [0.3, 0.4) is 0 Å². The lowest BCUT2D eigenvalue weighted by Crippen LogP contribution is -2.47. The molecule has 0 saturated carbocycles. The summed E-state index contributed by atoms with van der Waals surface area (Å²) in [6.45, 7) is 4.14. The number of carbonyl (C=O) groups excluding carboxylic acids is 1. The molecule has 2 saturated heterocycles. The highest BCUT2D eigenvalue weighted by molar-refractivity contribution is 7.13. The number of thiophene rings is 1. The predicted octanol–water partition coefficient (Wildman–Crippen LogP) is 2.72. The van der Waals surface area contributed by atoms with Crippen LogP contribution < -0.4 is 5.32 Å². The molecular weight excluding hydrogens is 336 g/mol. The summed E-state index contributed by atoms with van der Waals surface area (Å²) >= 11 is 1.56. The van der Waals surface area contributed by atoms with Crippen molar-refractivity contribution < 1.29 is 9.53 Å². The van der Waals surface area contributed by atoms with Crippen molar-refractivity contribution in [1.82, 2.24) is 14.9 Å². The Morgan fingerprint density at radius 3 is 3.00 bits per heavy atom. The number of nitrogens with zero attached hydrogens (tertiary/aromatic N) is 3. The Balaban J connectivity index is 1.41. The van der Waals surface area contributed by atoms with Crippen LogP contribution >= 0.6 is 11.3 Å². The van der Waals surface area contributed by atoms with Crippen molar-refractivity contribution in [2.75, 3.05) is 25.0 Å². The number of ether oxygens (including phenoxy) is 1. The van der Waals surface area contributed by atoms with Gasteiger partial charge < -0.3 is 15.0 Å². The van der Waals surface area contributed by atoms with E-state index in [1.54, 1.807) is 23.7 Å². The zero-order valence-corrected chi connectivity index (χ0v) is 15.1. The summed E-state index contributed by atoms with van der Waals surface area (Å²) < 4.78 is 6.14. The molecule has 7 heteroatoms. The Morgan fingerprint density at radius 2 is 2.24 bits per heavy atom. The Bertz CT molecular complexity index is 751. The van der Waals surface area contributed by atoms with Crippen LogP contribution in [0.15, 0.2) is 30.6 Å². The maximum absolute atomic E-state index is 12.7. The van der Waals surface area contributed by atoms with Gasteiger partial charge in [0, 0.05) is 36.5 Å². The molecule has 4 heterocycles. The van der Waals surface area contributed by atoms with Gasteiger partial charge in [-0.3, -0.25) is 4.79 Å². The van der Waals surface area contributed by atoms with Crippen LogP contribution in [0.25, 0.3) is 0 Å².